The fraction of sp³-hybridized carbons (Fsp3) is 0.250. The van der Waals surface area contributed by atoms with Crippen LogP contribution in [-0.2, 0) is 0 Å². The summed E-state index contributed by atoms with van der Waals surface area (Å²) in [6, 6.07) is 8.26. The first-order chi connectivity index (χ1) is 6.84. The molecule has 3 rings (SSSR count). The standard InChI is InChI=1S/C12H10ClN/c13-11-5-6-14-12-7-9(8-1-2-8)3-4-10(11)12/h3-8H,1-2H2. The molecule has 1 aromatic heterocycles. The van der Waals surface area contributed by atoms with E-state index in [1.54, 1.807) is 6.20 Å². The monoisotopic (exact) mass is 203 g/mol. The Morgan fingerprint density at radius 3 is 2.86 bits per heavy atom. The van der Waals surface area contributed by atoms with E-state index in [-0.39, 0.29) is 0 Å². The van der Waals surface area contributed by atoms with Crippen molar-refractivity contribution in [3.63, 3.8) is 0 Å². The molecule has 1 saturated carbocycles. The van der Waals surface area contributed by atoms with Crippen molar-refractivity contribution >= 4 is 22.5 Å². The number of fused-ring (bicyclic) bond motifs is 1. The van der Waals surface area contributed by atoms with Gasteiger partial charge in [0, 0.05) is 11.6 Å². The fourth-order valence-electron chi connectivity index (χ4n) is 1.80. The van der Waals surface area contributed by atoms with Crippen LogP contribution >= 0.6 is 11.6 Å². The van der Waals surface area contributed by atoms with Gasteiger partial charge in [0.25, 0.3) is 0 Å². The zero-order chi connectivity index (χ0) is 9.54. The van der Waals surface area contributed by atoms with Gasteiger partial charge in [-0.2, -0.15) is 0 Å². The number of hydrogen-bond donors (Lipinski definition) is 0. The zero-order valence-electron chi connectivity index (χ0n) is 7.70. The number of aromatic nitrogens is 1. The predicted molar refractivity (Wildman–Crippen MR) is 58.7 cm³/mol. The zero-order valence-corrected chi connectivity index (χ0v) is 8.46. The Balaban J connectivity index is 2.23. The van der Waals surface area contributed by atoms with Gasteiger partial charge in [0.05, 0.1) is 10.5 Å². The van der Waals surface area contributed by atoms with Crippen LogP contribution in [0.4, 0.5) is 0 Å². The van der Waals surface area contributed by atoms with Crippen molar-refractivity contribution in [3.05, 3.63) is 41.0 Å². The Kier molecular flexibility index (Phi) is 1.74. The fourth-order valence-corrected chi connectivity index (χ4v) is 2.02. The Hall–Kier alpha value is -1.08. The lowest BCUT2D eigenvalue weighted by atomic mass is 10.1. The molecule has 1 nitrogen and oxygen atoms in total. The molecule has 0 spiro atoms. The lowest BCUT2D eigenvalue weighted by molar-refractivity contribution is 1.13. The molecule has 1 aromatic carbocycles. The molecule has 2 heteroatoms. The van der Waals surface area contributed by atoms with Crippen LogP contribution in [0.2, 0.25) is 5.02 Å². The van der Waals surface area contributed by atoms with Gasteiger partial charge in [-0.05, 0) is 36.5 Å². The highest BCUT2D eigenvalue weighted by Gasteiger charge is 2.23. The van der Waals surface area contributed by atoms with Gasteiger partial charge in [-0.15, -0.1) is 0 Å². The summed E-state index contributed by atoms with van der Waals surface area (Å²) in [4.78, 5) is 4.33. The Morgan fingerprint density at radius 2 is 2.07 bits per heavy atom. The summed E-state index contributed by atoms with van der Waals surface area (Å²) >= 11 is 6.06. The molecular formula is C12H10ClN. The van der Waals surface area contributed by atoms with E-state index in [0.717, 1.165) is 21.8 Å². The van der Waals surface area contributed by atoms with E-state index >= 15 is 0 Å². The van der Waals surface area contributed by atoms with E-state index in [9.17, 15) is 0 Å². The number of halogens is 1. The summed E-state index contributed by atoms with van der Waals surface area (Å²) in [5, 5.41) is 1.84. The summed E-state index contributed by atoms with van der Waals surface area (Å²) in [6.07, 6.45) is 4.42. The highest BCUT2D eigenvalue weighted by molar-refractivity contribution is 6.35. The topological polar surface area (TPSA) is 12.9 Å². The van der Waals surface area contributed by atoms with Crippen molar-refractivity contribution in [2.75, 3.05) is 0 Å². The number of benzene rings is 1. The Labute approximate surface area is 87.7 Å². The highest BCUT2D eigenvalue weighted by atomic mass is 35.5. The maximum Gasteiger partial charge on any atom is 0.0719 e. The minimum Gasteiger partial charge on any atom is -0.256 e. The summed E-state index contributed by atoms with van der Waals surface area (Å²) in [5.41, 5.74) is 2.43. The van der Waals surface area contributed by atoms with Gasteiger partial charge in [-0.1, -0.05) is 23.7 Å². The molecule has 0 bridgehead atoms. The molecule has 14 heavy (non-hydrogen) atoms. The van der Waals surface area contributed by atoms with Gasteiger partial charge in [-0.25, -0.2) is 0 Å². The SMILES string of the molecule is Clc1ccnc2cc(C3CC3)ccc12. The number of nitrogens with zero attached hydrogens (tertiary/aromatic N) is 1. The van der Waals surface area contributed by atoms with E-state index < -0.39 is 0 Å². The molecule has 0 unspecified atom stereocenters. The third-order valence-electron chi connectivity index (χ3n) is 2.76. The third kappa shape index (κ3) is 1.28. The average molecular weight is 204 g/mol. The molecule has 0 saturated heterocycles. The van der Waals surface area contributed by atoms with Crippen molar-refractivity contribution in [3.8, 4) is 0 Å². The molecule has 0 N–H and O–H groups in total. The number of pyridine rings is 1. The van der Waals surface area contributed by atoms with Gasteiger partial charge < -0.3 is 0 Å². The molecule has 2 aromatic rings. The van der Waals surface area contributed by atoms with Crippen LogP contribution in [0.3, 0.4) is 0 Å². The van der Waals surface area contributed by atoms with Gasteiger partial charge in [0.1, 0.15) is 0 Å². The normalized spacial score (nSPS) is 16.1. The molecule has 1 aliphatic carbocycles. The van der Waals surface area contributed by atoms with Crippen LogP contribution in [-0.4, -0.2) is 4.98 Å². The van der Waals surface area contributed by atoms with Gasteiger partial charge in [0.15, 0.2) is 0 Å². The predicted octanol–water partition coefficient (Wildman–Crippen LogP) is 3.77. The van der Waals surface area contributed by atoms with Crippen molar-refractivity contribution in [2.45, 2.75) is 18.8 Å². The van der Waals surface area contributed by atoms with Crippen LogP contribution < -0.4 is 0 Å². The lowest BCUT2D eigenvalue weighted by Crippen LogP contribution is -1.83. The summed E-state index contributed by atoms with van der Waals surface area (Å²) < 4.78 is 0. The van der Waals surface area contributed by atoms with E-state index in [2.05, 4.69) is 23.2 Å². The minimum absolute atomic E-state index is 0.778. The first-order valence-electron chi connectivity index (χ1n) is 4.89. The van der Waals surface area contributed by atoms with Crippen LogP contribution in [0.1, 0.15) is 24.3 Å². The van der Waals surface area contributed by atoms with Crippen molar-refractivity contribution < 1.29 is 0 Å². The number of hydrogen-bond acceptors (Lipinski definition) is 1. The second-order valence-corrected chi connectivity index (χ2v) is 4.25. The van der Waals surface area contributed by atoms with Gasteiger partial charge in [-0.3, -0.25) is 4.98 Å². The average Bonchev–Trinajstić information content (AvgIpc) is 3.01. The molecule has 0 radical (unpaired) electrons. The van der Waals surface area contributed by atoms with Gasteiger partial charge >= 0.3 is 0 Å². The van der Waals surface area contributed by atoms with Crippen LogP contribution in [0.15, 0.2) is 30.5 Å². The summed E-state index contributed by atoms with van der Waals surface area (Å²) in [5.74, 6) is 0.778. The molecule has 0 atom stereocenters. The van der Waals surface area contributed by atoms with Crippen molar-refractivity contribution in [1.82, 2.24) is 4.98 Å². The summed E-state index contributed by atoms with van der Waals surface area (Å²) in [6.45, 7) is 0. The van der Waals surface area contributed by atoms with Crippen LogP contribution in [0.25, 0.3) is 10.9 Å². The third-order valence-corrected chi connectivity index (χ3v) is 3.09. The van der Waals surface area contributed by atoms with E-state index in [4.69, 9.17) is 11.6 Å². The second-order valence-electron chi connectivity index (χ2n) is 3.84. The molecule has 70 valence electrons. The van der Waals surface area contributed by atoms with Crippen LogP contribution in [0.5, 0.6) is 0 Å². The van der Waals surface area contributed by atoms with Crippen molar-refractivity contribution in [2.24, 2.45) is 0 Å². The molecule has 1 aliphatic rings. The lowest BCUT2D eigenvalue weighted by Gasteiger charge is -2.02. The molecule has 0 aliphatic heterocycles. The maximum atomic E-state index is 6.06. The van der Waals surface area contributed by atoms with Gasteiger partial charge in [0.2, 0.25) is 0 Å². The summed E-state index contributed by atoms with van der Waals surface area (Å²) in [7, 11) is 0. The number of rotatable bonds is 1. The van der Waals surface area contributed by atoms with E-state index in [1.807, 2.05) is 6.07 Å². The molecular weight excluding hydrogens is 194 g/mol. The first-order valence-corrected chi connectivity index (χ1v) is 5.26. The van der Waals surface area contributed by atoms with Crippen molar-refractivity contribution in [1.29, 1.82) is 0 Å². The van der Waals surface area contributed by atoms with Crippen LogP contribution in [0, 0.1) is 0 Å². The smallest absolute Gasteiger partial charge is 0.0719 e. The second kappa shape index (κ2) is 2.96. The highest BCUT2D eigenvalue weighted by Crippen LogP contribution is 2.41. The quantitative estimate of drug-likeness (QED) is 0.688. The first kappa shape index (κ1) is 8.25. The Bertz CT molecular complexity index is 489. The van der Waals surface area contributed by atoms with E-state index in [0.29, 0.717) is 0 Å². The molecule has 0 amide bonds. The molecule has 1 fully saturated rings. The molecule has 1 heterocycles. The largest absolute Gasteiger partial charge is 0.256 e. The minimum atomic E-state index is 0.778. The van der Waals surface area contributed by atoms with E-state index in [1.165, 1.54) is 18.4 Å². The maximum absolute atomic E-state index is 6.06. The Morgan fingerprint density at radius 1 is 1.21 bits per heavy atom.